The number of hydrogen-bond donors (Lipinski definition) is 1. The van der Waals surface area contributed by atoms with E-state index in [4.69, 9.17) is 0 Å². The zero-order chi connectivity index (χ0) is 18.6. The Morgan fingerprint density at radius 1 is 1.24 bits per heavy atom. The molecule has 1 N–H and O–H groups in total. The molecule has 0 spiro atoms. The summed E-state index contributed by atoms with van der Waals surface area (Å²) in [6, 6.07) is 4.87. The first-order valence-electron chi connectivity index (χ1n) is 8.21. The number of nitrogens with one attached hydrogen (secondary N) is 1. The molecule has 0 saturated heterocycles. The molecular formula is C19H22F2N2O2. The summed E-state index contributed by atoms with van der Waals surface area (Å²) in [5.74, 6) is -1.55. The van der Waals surface area contributed by atoms with Gasteiger partial charge in [-0.25, -0.2) is 8.78 Å². The second-order valence-corrected chi connectivity index (χ2v) is 6.47. The van der Waals surface area contributed by atoms with Gasteiger partial charge in [-0.1, -0.05) is 19.9 Å². The largest absolute Gasteiger partial charge is 0.348 e. The Hall–Kier alpha value is -2.50. The highest BCUT2D eigenvalue weighted by Gasteiger charge is 2.16. The second-order valence-electron chi connectivity index (χ2n) is 6.47. The van der Waals surface area contributed by atoms with Crippen LogP contribution in [0.5, 0.6) is 0 Å². The van der Waals surface area contributed by atoms with Crippen molar-refractivity contribution in [3.05, 3.63) is 69.1 Å². The number of amides is 1. The van der Waals surface area contributed by atoms with Gasteiger partial charge in [0, 0.05) is 30.9 Å². The maximum absolute atomic E-state index is 13.6. The Kier molecular flexibility index (Phi) is 6.07. The number of carbonyl (C=O) groups excluding carboxylic acids is 1. The fourth-order valence-electron chi connectivity index (χ4n) is 2.44. The molecule has 0 aliphatic rings. The van der Waals surface area contributed by atoms with Gasteiger partial charge in [0.1, 0.15) is 17.2 Å². The number of hydrogen-bond acceptors (Lipinski definition) is 2. The molecule has 2 rings (SSSR count). The van der Waals surface area contributed by atoms with Crippen LogP contribution in [-0.4, -0.2) is 10.5 Å². The number of nitrogens with zero attached hydrogens (tertiary/aromatic N) is 1. The van der Waals surface area contributed by atoms with Crippen LogP contribution < -0.4 is 10.9 Å². The standard InChI is InChI=1S/C19H22F2N2O2/c1-12(2)6-8-23-9-7-13(3)17(19(23)25)18(24)22-11-14-4-5-15(20)10-16(14)21/h4-5,7,9-10,12H,6,8,11H2,1-3H3,(H,22,24). The van der Waals surface area contributed by atoms with Crippen LogP contribution in [0.25, 0.3) is 0 Å². The van der Waals surface area contributed by atoms with E-state index in [-0.39, 0.29) is 23.2 Å². The molecule has 134 valence electrons. The van der Waals surface area contributed by atoms with E-state index in [0.717, 1.165) is 18.6 Å². The van der Waals surface area contributed by atoms with E-state index in [2.05, 4.69) is 19.2 Å². The van der Waals surface area contributed by atoms with E-state index in [1.807, 2.05) is 0 Å². The molecule has 0 atom stereocenters. The highest BCUT2D eigenvalue weighted by molar-refractivity contribution is 5.95. The minimum Gasteiger partial charge on any atom is -0.348 e. The van der Waals surface area contributed by atoms with Crippen molar-refractivity contribution >= 4 is 5.91 Å². The molecule has 0 fully saturated rings. The molecule has 0 saturated carbocycles. The van der Waals surface area contributed by atoms with Gasteiger partial charge in [0.2, 0.25) is 0 Å². The molecule has 1 amide bonds. The number of aromatic nitrogens is 1. The van der Waals surface area contributed by atoms with Gasteiger partial charge in [-0.3, -0.25) is 9.59 Å². The molecule has 1 heterocycles. The lowest BCUT2D eigenvalue weighted by Gasteiger charge is -2.12. The van der Waals surface area contributed by atoms with Gasteiger partial charge in [-0.2, -0.15) is 0 Å². The molecule has 0 bridgehead atoms. The fraction of sp³-hybridized carbons (Fsp3) is 0.368. The van der Waals surface area contributed by atoms with Gasteiger partial charge >= 0.3 is 0 Å². The van der Waals surface area contributed by atoms with Crippen LogP contribution in [0, 0.1) is 24.5 Å². The fourth-order valence-corrected chi connectivity index (χ4v) is 2.44. The Morgan fingerprint density at radius 2 is 1.96 bits per heavy atom. The van der Waals surface area contributed by atoms with Gasteiger partial charge in [0.15, 0.2) is 0 Å². The van der Waals surface area contributed by atoms with Crippen molar-refractivity contribution in [3.63, 3.8) is 0 Å². The highest BCUT2D eigenvalue weighted by Crippen LogP contribution is 2.10. The zero-order valence-electron chi connectivity index (χ0n) is 14.6. The van der Waals surface area contributed by atoms with Crippen LogP contribution in [0.2, 0.25) is 0 Å². The number of pyridine rings is 1. The van der Waals surface area contributed by atoms with Crippen LogP contribution in [-0.2, 0) is 13.1 Å². The number of benzene rings is 1. The molecule has 0 aliphatic heterocycles. The van der Waals surface area contributed by atoms with Crippen molar-refractivity contribution in [2.45, 2.75) is 40.3 Å². The van der Waals surface area contributed by atoms with E-state index in [1.165, 1.54) is 10.6 Å². The Morgan fingerprint density at radius 3 is 2.60 bits per heavy atom. The third-order valence-corrected chi connectivity index (χ3v) is 4.00. The van der Waals surface area contributed by atoms with Crippen LogP contribution >= 0.6 is 0 Å². The van der Waals surface area contributed by atoms with Crippen molar-refractivity contribution in [3.8, 4) is 0 Å². The zero-order valence-corrected chi connectivity index (χ0v) is 14.6. The summed E-state index contributed by atoms with van der Waals surface area (Å²) in [4.78, 5) is 25.0. The third kappa shape index (κ3) is 4.75. The maximum Gasteiger partial charge on any atom is 0.263 e. The Balaban J connectivity index is 2.18. The van der Waals surface area contributed by atoms with Crippen molar-refractivity contribution in [2.24, 2.45) is 5.92 Å². The topological polar surface area (TPSA) is 51.1 Å². The number of halogens is 2. The Bertz CT molecular complexity index is 829. The quantitative estimate of drug-likeness (QED) is 0.870. The summed E-state index contributed by atoms with van der Waals surface area (Å²) in [5, 5.41) is 2.53. The normalized spacial score (nSPS) is 11.0. The lowest BCUT2D eigenvalue weighted by molar-refractivity contribution is 0.0947. The molecule has 0 radical (unpaired) electrons. The molecule has 1 aromatic heterocycles. The minimum atomic E-state index is -0.737. The molecule has 1 aromatic carbocycles. The second kappa shape index (κ2) is 8.05. The average molecular weight is 348 g/mol. The van der Waals surface area contributed by atoms with Gasteiger partial charge in [-0.15, -0.1) is 0 Å². The van der Waals surface area contributed by atoms with Crippen molar-refractivity contribution in [1.29, 1.82) is 0 Å². The number of rotatable bonds is 6. The molecule has 6 heteroatoms. The molecule has 25 heavy (non-hydrogen) atoms. The summed E-state index contributed by atoms with van der Waals surface area (Å²) < 4.78 is 28.1. The highest BCUT2D eigenvalue weighted by atomic mass is 19.1. The maximum atomic E-state index is 13.6. The monoisotopic (exact) mass is 348 g/mol. The van der Waals surface area contributed by atoms with E-state index >= 15 is 0 Å². The lowest BCUT2D eigenvalue weighted by Crippen LogP contribution is -2.34. The third-order valence-electron chi connectivity index (χ3n) is 4.00. The first-order chi connectivity index (χ1) is 11.8. The van der Waals surface area contributed by atoms with Crippen LogP contribution in [0.3, 0.4) is 0 Å². The molecule has 0 unspecified atom stereocenters. The summed E-state index contributed by atoms with van der Waals surface area (Å²) in [5.41, 5.74) is 0.401. The van der Waals surface area contributed by atoms with Gasteiger partial charge < -0.3 is 9.88 Å². The summed E-state index contributed by atoms with van der Waals surface area (Å²) in [7, 11) is 0. The van der Waals surface area contributed by atoms with Crippen LogP contribution in [0.4, 0.5) is 8.78 Å². The number of carbonyl (C=O) groups is 1. The summed E-state index contributed by atoms with van der Waals surface area (Å²) in [6.45, 7) is 6.21. The summed E-state index contributed by atoms with van der Waals surface area (Å²) in [6.07, 6.45) is 2.50. The molecular weight excluding hydrogens is 326 g/mol. The molecule has 0 aliphatic carbocycles. The van der Waals surface area contributed by atoms with Crippen LogP contribution in [0.1, 0.15) is 41.8 Å². The predicted octanol–water partition coefficient (Wildman–Crippen LogP) is 3.41. The van der Waals surface area contributed by atoms with Gasteiger partial charge in [0.25, 0.3) is 11.5 Å². The SMILES string of the molecule is Cc1ccn(CCC(C)C)c(=O)c1C(=O)NCc1ccc(F)cc1F. The first-order valence-corrected chi connectivity index (χ1v) is 8.21. The van der Waals surface area contributed by atoms with Gasteiger partial charge in [-0.05, 0) is 37.0 Å². The molecule has 2 aromatic rings. The van der Waals surface area contributed by atoms with E-state index in [1.54, 1.807) is 19.2 Å². The predicted molar refractivity (Wildman–Crippen MR) is 92.4 cm³/mol. The lowest BCUT2D eigenvalue weighted by atomic mass is 10.1. The summed E-state index contributed by atoms with van der Waals surface area (Å²) >= 11 is 0. The van der Waals surface area contributed by atoms with E-state index in [0.29, 0.717) is 18.0 Å². The minimum absolute atomic E-state index is 0.0498. The number of aryl methyl sites for hydroxylation is 2. The van der Waals surface area contributed by atoms with E-state index < -0.39 is 17.5 Å². The Labute approximate surface area is 145 Å². The van der Waals surface area contributed by atoms with E-state index in [9.17, 15) is 18.4 Å². The van der Waals surface area contributed by atoms with Crippen molar-refractivity contribution < 1.29 is 13.6 Å². The average Bonchev–Trinajstić information content (AvgIpc) is 2.53. The smallest absolute Gasteiger partial charge is 0.263 e. The van der Waals surface area contributed by atoms with Gasteiger partial charge in [0.05, 0.1) is 0 Å². The first kappa shape index (κ1) is 18.8. The van der Waals surface area contributed by atoms with Crippen molar-refractivity contribution in [2.75, 3.05) is 0 Å². The van der Waals surface area contributed by atoms with Crippen LogP contribution in [0.15, 0.2) is 35.3 Å². The molecule has 4 nitrogen and oxygen atoms in total. The van der Waals surface area contributed by atoms with Crippen molar-refractivity contribution in [1.82, 2.24) is 9.88 Å².